The molecule has 0 N–H and O–H groups in total. The summed E-state index contributed by atoms with van der Waals surface area (Å²) in [7, 11) is 0. The average Bonchev–Trinajstić information content (AvgIpc) is 3.99. The van der Waals surface area contributed by atoms with Gasteiger partial charge >= 0.3 is 0 Å². The van der Waals surface area contributed by atoms with E-state index in [1.54, 1.807) is 30.3 Å². The Morgan fingerprint density at radius 1 is 0.414 bits per heavy atom. The first-order chi connectivity index (χ1) is 28.4. The van der Waals surface area contributed by atoms with E-state index in [2.05, 4.69) is 112 Å². The third-order valence-electron chi connectivity index (χ3n) is 13.3. The zero-order valence-corrected chi connectivity index (χ0v) is 40.9. The van der Waals surface area contributed by atoms with Gasteiger partial charge in [0.2, 0.25) is 0 Å². The lowest BCUT2D eigenvalue weighted by Gasteiger charge is -2.18. The van der Waals surface area contributed by atoms with E-state index in [9.17, 15) is 0 Å². The quantitative estimate of drug-likeness (QED) is 0.0412. The molecule has 0 aliphatic heterocycles. The van der Waals surface area contributed by atoms with Crippen LogP contribution in [0.4, 0.5) is 0 Å². The Bertz CT molecular complexity index is 2100. The van der Waals surface area contributed by atoms with E-state index in [-0.39, 0.29) is 0 Å². The molecule has 4 heterocycles. The van der Waals surface area contributed by atoms with Gasteiger partial charge in [-0.15, -0.1) is 45.3 Å². The van der Waals surface area contributed by atoms with E-state index in [1.807, 2.05) is 11.3 Å². The van der Waals surface area contributed by atoms with Gasteiger partial charge < -0.3 is 0 Å². The molecule has 58 heavy (non-hydrogen) atoms. The van der Waals surface area contributed by atoms with Gasteiger partial charge in [0.15, 0.2) is 0 Å². The Labute approximate surface area is 370 Å². The van der Waals surface area contributed by atoms with Gasteiger partial charge in [-0.05, 0) is 72.6 Å². The van der Waals surface area contributed by atoms with E-state index in [0.29, 0.717) is 0 Å². The van der Waals surface area contributed by atoms with Crippen LogP contribution >= 0.6 is 45.3 Å². The first-order valence-electron chi connectivity index (χ1n) is 24.3. The molecule has 0 nitrogen and oxygen atoms in total. The predicted octanol–water partition coefficient (Wildman–Crippen LogP) is 20.6. The van der Waals surface area contributed by atoms with Crippen LogP contribution in [0.15, 0.2) is 36.4 Å². The summed E-state index contributed by atoms with van der Waals surface area (Å²) in [6.45, 7) is 14.1. The highest BCUT2D eigenvalue weighted by molar-refractivity contribution is 7.33. The van der Waals surface area contributed by atoms with Gasteiger partial charge in [-0.1, -0.05) is 206 Å². The number of benzene rings is 2. The molecule has 0 aliphatic carbocycles. The Kier molecular flexibility index (Phi) is 19.0. The van der Waals surface area contributed by atoms with E-state index in [4.69, 9.17) is 0 Å². The van der Waals surface area contributed by atoms with E-state index < -0.39 is 0 Å². The average molecular weight is 855 g/mol. The summed E-state index contributed by atoms with van der Waals surface area (Å²) < 4.78 is 6.26. The van der Waals surface area contributed by atoms with Crippen molar-refractivity contribution in [1.29, 1.82) is 0 Å². The molecular formula is C54H78S4. The Morgan fingerprint density at radius 3 is 1.38 bits per heavy atom. The van der Waals surface area contributed by atoms with Gasteiger partial charge in [-0.2, -0.15) is 0 Å². The standard InChI is InChI=1S/C54H78S4/c1-7-11-15-19-21-25-29-41(27-23-17-13-9-3)36-47-40(6)56-54-48(37-42(28-24-18-14-10-4)30-26-22-20-16-12-8-2)52(58-53(47)54)49-38-44-32-34-45-46(51(44)57-49)33-31-43-35-39(5)55-50(43)45/h31-35,38,41-42H,7-30,36-37H2,1-6H3. The minimum absolute atomic E-state index is 0.787. The third kappa shape index (κ3) is 12.2. The normalized spacial score (nSPS) is 13.3. The molecule has 0 saturated heterocycles. The van der Waals surface area contributed by atoms with Gasteiger partial charge in [0.25, 0.3) is 0 Å². The van der Waals surface area contributed by atoms with Crippen molar-refractivity contribution < 1.29 is 0 Å². The lowest BCUT2D eigenvalue weighted by molar-refractivity contribution is 0.403. The molecule has 4 aromatic heterocycles. The van der Waals surface area contributed by atoms with Crippen LogP contribution < -0.4 is 0 Å². The summed E-state index contributed by atoms with van der Waals surface area (Å²) in [4.78, 5) is 6.15. The van der Waals surface area contributed by atoms with Crippen molar-refractivity contribution >= 4 is 85.7 Å². The second kappa shape index (κ2) is 24.1. The van der Waals surface area contributed by atoms with Crippen molar-refractivity contribution in [1.82, 2.24) is 0 Å². The van der Waals surface area contributed by atoms with Crippen molar-refractivity contribution in [2.24, 2.45) is 11.8 Å². The summed E-state index contributed by atoms with van der Waals surface area (Å²) >= 11 is 8.42. The molecule has 4 heteroatoms. The number of hydrogen-bond donors (Lipinski definition) is 0. The third-order valence-corrected chi connectivity index (χ3v) is 18.4. The fourth-order valence-electron chi connectivity index (χ4n) is 9.81. The van der Waals surface area contributed by atoms with Crippen molar-refractivity contribution in [2.45, 2.75) is 208 Å². The van der Waals surface area contributed by atoms with Crippen LogP contribution in [0.3, 0.4) is 0 Å². The molecule has 6 rings (SSSR count). The van der Waals surface area contributed by atoms with Crippen LogP contribution in [-0.2, 0) is 12.8 Å². The van der Waals surface area contributed by atoms with Crippen molar-refractivity contribution in [3.05, 3.63) is 57.3 Å². The maximum absolute atomic E-state index is 2.58. The highest BCUT2D eigenvalue weighted by atomic mass is 32.1. The molecule has 2 atom stereocenters. The smallest absolute Gasteiger partial charge is 0.0496 e. The van der Waals surface area contributed by atoms with Crippen LogP contribution in [0.1, 0.15) is 203 Å². The molecule has 0 aliphatic rings. The van der Waals surface area contributed by atoms with Crippen LogP contribution in [0.2, 0.25) is 0 Å². The molecular weight excluding hydrogens is 777 g/mol. The second-order valence-electron chi connectivity index (χ2n) is 18.2. The maximum Gasteiger partial charge on any atom is 0.0496 e. The number of unbranched alkanes of at least 4 members (excludes halogenated alkanes) is 16. The lowest BCUT2D eigenvalue weighted by Crippen LogP contribution is -2.06. The monoisotopic (exact) mass is 854 g/mol. The van der Waals surface area contributed by atoms with Gasteiger partial charge in [-0.25, -0.2) is 0 Å². The summed E-state index contributed by atoms with van der Waals surface area (Å²) in [5.41, 5.74) is 3.44. The molecule has 318 valence electrons. The first kappa shape index (κ1) is 45.8. The molecule has 2 aromatic carbocycles. The largest absolute Gasteiger partial charge is 0.140 e. The number of aryl methyl sites for hydroxylation is 2. The topological polar surface area (TPSA) is 0 Å². The predicted molar refractivity (Wildman–Crippen MR) is 271 cm³/mol. The summed E-state index contributed by atoms with van der Waals surface area (Å²) in [6, 6.07) is 14.6. The number of rotatable bonds is 29. The number of fused-ring (bicyclic) bond motifs is 6. The van der Waals surface area contributed by atoms with E-state index >= 15 is 0 Å². The summed E-state index contributed by atoms with van der Waals surface area (Å²) in [5.74, 6) is 1.61. The van der Waals surface area contributed by atoms with Crippen LogP contribution in [0.5, 0.6) is 0 Å². The number of thiophene rings is 4. The maximum atomic E-state index is 2.58. The molecule has 0 fully saturated rings. The summed E-state index contributed by atoms with van der Waals surface area (Å²) in [5, 5.41) is 5.69. The van der Waals surface area contributed by atoms with Crippen molar-refractivity contribution in [3.8, 4) is 9.75 Å². The molecule has 0 spiro atoms. The molecule has 0 saturated carbocycles. The fraction of sp³-hybridized carbons (Fsp3) is 0.630. The Morgan fingerprint density at radius 2 is 0.845 bits per heavy atom. The zero-order valence-electron chi connectivity index (χ0n) is 37.6. The molecule has 0 radical (unpaired) electrons. The molecule has 0 bridgehead atoms. The minimum Gasteiger partial charge on any atom is -0.140 e. The van der Waals surface area contributed by atoms with Crippen LogP contribution in [0, 0.1) is 25.7 Å². The van der Waals surface area contributed by atoms with E-state index in [0.717, 1.165) is 11.8 Å². The highest BCUT2D eigenvalue weighted by Gasteiger charge is 2.26. The lowest BCUT2D eigenvalue weighted by atomic mass is 9.87. The minimum atomic E-state index is 0.787. The number of hydrogen-bond acceptors (Lipinski definition) is 4. The molecule has 6 aromatic rings. The Balaban J connectivity index is 1.36. The summed E-state index contributed by atoms with van der Waals surface area (Å²) in [6.07, 6.45) is 36.1. The van der Waals surface area contributed by atoms with Crippen LogP contribution in [-0.4, -0.2) is 0 Å². The molecule has 0 amide bonds. The van der Waals surface area contributed by atoms with Gasteiger partial charge in [0.1, 0.15) is 0 Å². The highest BCUT2D eigenvalue weighted by Crippen LogP contribution is 2.51. The van der Waals surface area contributed by atoms with Gasteiger partial charge in [0.05, 0.1) is 0 Å². The van der Waals surface area contributed by atoms with Gasteiger partial charge in [0, 0.05) is 49.1 Å². The zero-order chi connectivity index (χ0) is 40.7. The fourth-order valence-corrected chi connectivity index (χ4v) is 15.0. The molecule has 2 unspecified atom stereocenters. The van der Waals surface area contributed by atoms with Crippen molar-refractivity contribution in [3.63, 3.8) is 0 Å². The van der Waals surface area contributed by atoms with E-state index in [1.165, 1.54) is 208 Å². The van der Waals surface area contributed by atoms with Crippen molar-refractivity contribution in [2.75, 3.05) is 0 Å². The SMILES string of the molecule is CCCCCCCCC(CCCCCC)Cc1c(C)sc2c(CC(CCCCCC)CCCCCCCC)c(-c3cc4ccc5c(ccc6cc(C)sc65)c4s3)sc12. The first-order valence-corrected chi connectivity index (χ1v) is 27.6. The Hall–Kier alpha value is -1.72. The second-order valence-corrected chi connectivity index (χ2v) is 22.7. The van der Waals surface area contributed by atoms with Crippen LogP contribution in [0.25, 0.3) is 50.1 Å². The van der Waals surface area contributed by atoms with Gasteiger partial charge in [-0.3, -0.25) is 0 Å².